The molecule has 0 spiro atoms. The van der Waals surface area contributed by atoms with Crippen molar-refractivity contribution in [3.8, 4) is 0 Å². The number of fused-ring (bicyclic) bond motifs is 2. The molecule has 2 heterocycles. The first kappa shape index (κ1) is 22.5. The molecule has 0 N–H and O–H groups in total. The topological polar surface area (TPSA) is 46.4 Å². The zero-order chi connectivity index (χ0) is 23.5. The number of carboxylic acid groups (broad SMARTS) is 1. The fourth-order valence-corrected chi connectivity index (χ4v) is 8.94. The molecule has 1 aliphatic heterocycles. The van der Waals surface area contributed by atoms with Gasteiger partial charge in [-0.1, -0.05) is 19.2 Å². The van der Waals surface area contributed by atoms with Crippen LogP contribution in [0.3, 0.4) is 0 Å². The van der Waals surface area contributed by atoms with Gasteiger partial charge in [-0.2, -0.15) is 0 Å². The SMILES string of the molecule is Cc1sc(C(=O)[O-])c(C)c1C1=C2C=CC(=[N+](C)C)C=C2[Si](C)(C)c2cc(N(C)C)ccc21. The van der Waals surface area contributed by atoms with Crippen molar-refractivity contribution in [2.45, 2.75) is 26.9 Å². The second kappa shape index (κ2) is 7.71. The van der Waals surface area contributed by atoms with E-state index in [1.165, 1.54) is 44.3 Å². The molecule has 4 rings (SSSR count). The van der Waals surface area contributed by atoms with E-state index in [9.17, 15) is 9.90 Å². The van der Waals surface area contributed by atoms with Crippen LogP contribution >= 0.6 is 11.3 Å². The Bertz CT molecular complexity index is 1290. The number of carboxylic acids is 1. The van der Waals surface area contributed by atoms with Crippen LogP contribution in [0.25, 0.3) is 5.57 Å². The molecule has 166 valence electrons. The van der Waals surface area contributed by atoms with E-state index < -0.39 is 14.0 Å². The van der Waals surface area contributed by atoms with E-state index >= 15 is 0 Å². The molecule has 6 heteroatoms. The Labute approximate surface area is 195 Å². The lowest BCUT2D eigenvalue weighted by Gasteiger charge is -2.38. The van der Waals surface area contributed by atoms with Crippen molar-refractivity contribution in [3.05, 3.63) is 73.6 Å². The molecule has 0 saturated carbocycles. The third-order valence-electron chi connectivity index (χ3n) is 6.68. The minimum atomic E-state index is -2.01. The van der Waals surface area contributed by atoms with E-state index in [0.29, 0.717) is 4.88 Å². The summed E-state index contributed by atoms with van der Waals surface area (Å²) in [6.45, 7) is 8.77. The Hall–Kier alpha value is -2.70. The van der Waals surface area contributed by atoms with Crippen molar-refractivity contribution in [3.63, 3.8) is 0 Å². The van der Waals surface area contributed by atoms with Gasteiger partial charge in [0.25, 0.3) is 0 Å². The first-order valence-electron chi connectivity index (χ1n) is 10.8. The molecule has 32 heavy (non-hydrogen) atoms. The second-order valence-corrected chi connectivity index (χ2v) is 15.1. The first-order valence-corrected chi connectivity index (χ1v) is 14.6. The number of anilines is 1. The third kappa shape index (κ3) is 3.33. The number of thiophene rings is 1. The van der Waals surface area contributed by atoms with E-state index in [1.54, 1.807) is 0 Å². The van der Waals surface area contributed by atoms with Crippen molar-refractivity contribution < 1.29 is 14.5 Å². The number of rotatable bonds is 3. The number of aromatic carboxylic acids is 1. The zero-order valence-electron chi connectivity index (χ0n) is 20.1. The molecule has 1 aliphatic carbocycles. The molecule has 2 aromatic rings. The van der Waals surface area contributed by atoms with E-state index in [2.05, 4.69) is 87.2 Å². The quantitative estimate of drug-likeness (QED) is 0.520. The molecule has 4 nitrogen and oxygen atoms in total. The summed E-state index contributed by atoms with van der Waals surface area (Å²) in [6.07, 6.45) is 6.73. The van der Waals surface area contributed by atoms with Gasteiger partial charge in [0.15, 0.2) is 5.71 Å². The number of aryl methyl sites for hydroxylation is 1. The van der Waals surface area contributed by atoms with Crippen molar-refractivity contribution in [1.29, 1.82) is 0 Å². The number of nitrogens with zero attached hydrogens (tertiary/aromatic N) is 2. The van der Waals surface area contributed by atoms with E-state index in [1.807, 2.05) is 13.8 Å². The maximum atomic E-state index is 11.8. The first-order chi connectivity index (χ1) is 14.9. The summed E-state index contributed by atoms with van der Waals surface area (Å²) in [7, 11) is 6.27. The summed E-state index contributed by atoms with van der Waals surface area (Å²) in [5.74, 6) is -1.10. The molecule has 0 amide bonds. The monoisotopic (exact) mass is 462 g/mol. The van der Waals surface area contributed by atoms with Gasteiger partial charge >= 0.3 is 0 Å². The standard InChI is InChI=1S/C26H30N2O2SSi/c1-15-23(16(2)31-25(15)26(29)30)24-19-11-9-17(27(3)4)13-21(19)32(7,8)22-14-18(28(5)6)10-12-20(22)24/h9-14H,1-8H3. The van der Waals surface area contributed by atoms with Crippen LogP contribution in [-0.4, -0.2) is 52.5 Å². The highest BCUT2D eigenvalue weighted by molar-refractivity contribution is 7.14. The van der Waals surface area contributed by atoms with Crippen LogP contribution in [0.1, 0.15) is 31.2 Å². The summed E-state index contributed by atoms with van der Waals surface area (Å²) in [6, 6.07) is 6.73. The molecular weight excluding hydrogens is 432 g/mol. The van der Waals surface area contributed by atoms with Crippen LogP contribution in [-0.2, 0) is 0 Å². The Morgan fingerprint density at radius 1 is 1.12 bits per heavy atom. The third-order valence-corrected chi connectivity index (χ3v) is 11.4. The molecule has 0 unspecified atom stereocenters. The number of hydrogen-bond donors (Lipinski definition) is 0. The highest BCUT2D eigenvalue weighted by Gasteiger charge is 2.41. The Morgan fingerprint density at radius 2 is 1.81 bits per heavy atom. The predicted octanol–water partition coefficient (Wildman–Crippen LogP) is 3.27. The van der Waals surface area contributed by atoms with Crippen LogP contribution in [0.15, 0.2) is 47.2 Å². The molecular formula is C26H30N2O2SSi. The van der Waals surface area contributed by atoms with Gasteiger partial charge in [0.05, 0.1) is 10.8 Å². The maximum absolute atomic E-state index is 11.8. The fraction of sp³-hybridized carbons (Fsp3) is 0.308. The van der Waals surface area contributed by atoms with Gasteiger partial charge < -0.3 is 14.8 Å². The molecule has 0 radical (unpaired) electrons. The van der Waals surface area contributed by atoms with Gasteiger partial charge in [-0.25, -0.2) is 4.58 Å². The van der Waals surface area contributed by atoms with Crippen LogP contribution in [0.5, 0.6) is 0 Å². The molecule has 1 aromatic heterocycles. The summed E-state index contributed by atoms with van der Waals surface area (Å²) in [4.78, 5) is 15.3. The number of carbonyl (C=O) groups excluding carboxylic acids is 1. The summed E-state index contributed by atoms with van der Waals surface area (Å²) in [5.41, 5.74) is 7.81. The lowest BCUT2D eigenvalue weighted by molar-refractivity contribution is -0.462. The Morgan fingerprint density at radius 3 is 2.38 bits per heavy atom. The van der Waals surface area contributed by atoms with Crippen LogP contribution in [0, 0.1) is 13.8 Å². The maximum Gasteiger partial charge on any atom is 0.199 e. The largest absolute Gasteiger partial charge is 0.544 e. The van der Waals surface area contributed by atoms with Crippen molar-refractivity contribution >= 4 is 47.5 Å². The van der Waals surface area contributed by atoms with Gasteiger partial charge in [0.1, 0.15) is 22.2 Å². The van der Waals surface area contributed by atoms with Crippen LogP contribution in [0.2, 0.25) is 13.1 Å². The average Bonchev–Trinajstić information content (AvgIpc) is 3.02. The lowest BCUT2D eigenvalue weighted by Crippen LogP contribution is -2.49. The Kier molecular flexibility index (Phi) is 5.42. The molecule has 0 saturated heterocycles. The van der Waals surface area contributed by atoms with Gasteiger partial charge in [0.2, 0.25) is 0 Å². The van der Waals surface area contributed by atoms with Gasteiger partial charge in [-0.15, -0.1) is 11.3 Å². The molecule has 2 aliphatic rings. The smallest absolute Gasteiger partial charge is 0.199 e. The fourth-order valence-electron chi connectivity index (χ4n) is 4.87. The summed E-state index contributed by atoms with van der Waals surface area (Å²) < 4.78 is 2.14. The molecule has 1 aromatic carbocycles. The minimum absolute atomic E-state index is 0.324. The predicted molar refractivity (Wildman–Crippen MR) is 136 cm³/mol. The van der Waals surface area contributed by atoms with E-state index in [4.69, 9.17) is 0 Å². The normalized spacial score (nSPS) is 16.5. The lowest BCUT2D eigenvalue weighted by atomic mass is 9.87. The number of allylic oxidation sites excluding steroid dienone is 5. The van der Waals surface area contributed by atoms with Gasteiger partial charge in [0, 0.05) is 42.4 Å². The van der Waals surface area contributed by atoms with Crippen molar-refractivity contribution in [2.75, 3.05) is 33.1 Å². The van der Waals surface area contributed by atoms with E-state index in [0.717, 1.165) is 21.6 Å². The van der Waals surface area contributed by atoms with Gasteiger partial charge in [-0.3, -0.25) is 0 Å². The average molecular weight is 463 g/mol. The number of carbonyl (C=O) groups is 1. The van der Waals surface area contributed by atoms with Crippen molar-refractivity contribution in [1.82, 2.24) is 0 Å². The van der Waals surface area contributed by atoms with Gasteiger partial charge in [-0.05, 0) is 64.7 Å². The van der Waals surface area contributed by atoms with E-state index in [-0.39, 0.29) is 0 Å². The highest BCUT2D eigenvalue weighted by atomic mass is 32.1. The summed E-state index contributed by atoms with van der Waals surface area (Å²) in [5, 5.41) is 14.6. The van der Waals surface area contributed by atoms with Crippen LogP contribution < -0.4 is 15.2 Å². The van der Waals surface area contributed by atoms with Crippen molar-refractivity contribution in [2.24, 2.45) is 0 Å². The van der Waals surface area contributed by atoms with Crippen LogP contribution in [0.4, 0.5) is 5.69 Å². The minimum Gasteiger partial charge on any atom is -0.544 e. The second-order valence-electron chi connectivity index (χ2n) is 9.52. The highest BCUT2D eigenvalue weighted by Crippen LogP contribution is 2.45. The molecule has 0 fully saturated rings. The zero-order valence-corrected chi connectivity index (χ0v) is 21.9. The molecule has 0 bridgehead atoms. The molecule has 0 atom stereocenters. The number of benzene rings is 1. The summed E-state index contributed by atoms with van der Waals surface area (Å²) >= 11 is 1.32. The number of hydrogen-bond acceptors (Lipinski definition) is 4. The Balaban J connectivity index is 2.14.